The van der Waals surface area contributed by atoms with E-state index in [1.165, 1.54) is 148 Å². The lowest BCUT2D eigenvalue weighted by atomic mass is 10.0. The molecule has 0 aliphatic rings. The Bertz CT molecular complexity index is 1060. The minimum Gasteiger partial charge on any atom is -0.477 e. The number of rotatable bonds is 44. The molecule has 0 heterocycles. The molecule has 0 fully saturated rings. The molecule has 1 N–H and O–H groups in total. The molecule has 0 aromatic heterocycles. The first kappa shape index (κ1) is 56.5. The molecule has 344 valence electrons. The second-order valence-corrected chi connectivity index (χ2v) is 17.7. The lowest BCUT2D eigenvalue weighted by molar-refractivity contribution is -0.887. The number of ether oxygens (including phenoxy) is 3. The Morgan fingerprint density at radius 3 is 1.39 bits per heavy atom. The van der Waals surface area contributed by atoms with E-state index in [2.05, 4.69) is 44.2 Å². The smallest absolute Gasteiger partial charge is 0.362 e. The van der Waals surface area contributed by atoms with Crippen molar-refractivity contribution in [3.63, 3.8) is 0 Å². The van der Waals surface area contributed by atoms with Crippen molar-refractivity contribution < 1.29 is 38.2 Å². The van der Waals surface area contributed by atoms with E-state index in [0.29, 0.717) is 19.3 Å². The van der Waals surface area contributed by atoms with Gasteiger partial charge < -0.3 is 23.8 Å². The zero-order chi connectivity index (χ0) is 43.5. The Kier molecular flexibility index (Phi) is 40.5. The van der Waals surface area contributed by atoms with Crippen LogP contribution in [-0.4, -0.2) is 80.6 Å². The predicted molar refractivity (Wildman–Crippen MR) is 248 cm³/mol. The van der Waals surface area contributed by atoms with Gasteiger partial charge in [0.2, 0.25) is 0 Å². The van der Waals surface area contributed by atoms with Crippen LogP contribution < -0.4 is 0 Å². The first-order chi connectivity index (χ1) is 28.6. The van der Waals surface area contributed by atoms with Gasteiger partial charge in [0.15, 0.2) is 12.1 Å². The summed E-state index contributed by atoms with van der Waals surface area (Å²) in [6, 6.07) is -0.622. The van der Waals surface area contributed by atoms with Crippen LogP contribution in [0.15, 0.2) is 36.5 Å². The number of carboxylic acids is 1. The van der Waals surface area contributed by atoms with Crippen LogP contribution in [0.5, 0.6) is 0 Å². The average molecular weight is 833 g/mol. The molecule has 59 heavy (non-hydrogen) atoms. The maximum Gasteiger partial charge on any atom is 0.362 e. The molecular weight excluding hydrogens is 739 g/mol. The standard InChI is InChI=1S/C51H93NO7/c1-6-8-10-12-14-16-18-20-21-22-23-24-25-26-27-28-30-32-34-36-38-40-42-50(54)59-47(45-57-44-43-48(51(55)56)52(3,4)5)46-58-49(53)41-39-37-35-33-31-29-19-17-15-13-11-9-7-2/h25-26,29,31,35,37,47-48H,6-24,27-28,30,32-34,36,38-46H2,1-5H3/p+1/b26-25+,31-29+,37-35+. The lowest BCUT2D eigenvalue weighted by Crippen LogP contribution is -2.50. The Hall–Kier alpha value is -2.45. The highest BCUT2D eigenvalue weighted by molar-refractivity contribution is 5.72. The van der Waals surface area contributed by atoms with Crippen LogP contribution in [-0.2, 0) is 28.6 Å². The summed E-state index contributed by atoms with van der Waals surface area (Å²) in [4.78, 5) is 37.0. The van der Waals surface area contributed by atoms with Gasteiger partial charge in [-0.25, -0.2) is 4.79 Å². The predicted octanol–water partition coefficient (Wildman–Crippen LogP) is 13.8. The number of hydrogen-bond donors (Lipinski definition) is 1. The molecular formula is C51H94NO7+. The van der Waals surface area contributed by atoms with E-state index >= 15 is 0 Å². The number of unbranched alkanes of at least 4 members (excludes halogenated alkanes) is 24. The number of carbonyl (C=O) groups is 3. The number of carbonyl (C=O) groups excluding carboxylic acids is 2. The molecule has 0 aromatic rings. The summed E-state index contributed by atoms with van der Waals surface area (Å²) >= 11 is 0. The molecule has 0 rings (SSSR count). The lowest BCUT2D eigenvalue weighted by Gasteiger charge is -2.31. The van der Waals surface area contributed by atoms with Gasteiger partial charge in [-0.3, -0.25) is 9.59 Å². The van der Waals surface area contributed by atoms with E-state index in [1.54, 1.807) is 0 Å². The molecule has 8 heteroatoms. The Labute approximate surface area is 364 Å². The summed E-state index contributed by atoms with van der Waals surface area (Å²) in [5.74, 6) is -1.55. The van der Waals surface area contributed by atoms with Crippen LogP contribution in [0.1, 0.15) is 219 Å². The molecule has 0 aliphatic carbocycles. The van der Waals surface area contributed by atoms with Crippen LogP contribution in [0.3, 0.4) is 0 Å². The topological polar surface area (TPSA) is 99.1 Å². The first-order valence-corrected chi connectivity index (χ1v) is 24.5. The van der Waals surface area contributed by atoms with Gasteiger partial charge in [-0.15, -0.1) is 0 Å². The first-order valence-electron chi connectivity index (χ1n) is 24.5. The van der Waals surface area contributed by atoms with Crippen LogP contribution in [0, 0.1) is 0 Å². The van der Waals surface area contributed by atoms with Crippen LogP contribution >= 0.6 is 0 Å². The molecule has 0 aliphatic heterocycles. The van der Waals surface area contributed by atoms with Crippen molar-refractivity contribution in [1.29, 1.82) is 0 Å². The molecule has 2 unspecified atom stereocenters. The maximum absolute atomic E-state index is 12.8. The Morgan fingerprint density at radius 2 is 0.932 bits per heavy atom. The molecule has 0 radical (unpaired) electrons. The number of aliphatic carboxylic acids is 1. The third-order valence-corrected chi connectivity index (χ3v) is 11.0. The van der Waals surface area contributed by atoms with Crippen molar-refractivity contribution in [2.75, 3.05) is 41.0 Å². The molecule has 8 nitrogen and oxygen atoms in total. The third-order valence-electron chi connectivity index (χ3n) is 11.0. The Balaban J connectivity index is 4.28. The number of allylic oxidation sites excluding steroid dienone is 6. The highest BCUT2D eigenvalue weighted by Gasteiger charge is 2.31. The third kappa shape index (κ3) is 40.7. The van der Waals surface area contributed by atoms with E-state index in [-0.39, 0.29) is 42.7 Å². The zero-order valence-electron chi connectivity index (χ0n) is 39.2. The fourth-order valence-electron chi connectivity index (χ4n) is 7.20. The normalized spacial score (nSPS) is 13.2. The van der Waals surface area contributed by atoms with E-state index in [1.807, 2.05) is 27.2 Å². The van der Waals surface area contributed by atoms with Gasteiger partial charge in [-0.1, -0.05) is 179 Å². The summed E-state index contributed by atoms with van der Waals surface area (Å²) in [6.45, 7) is 4.68. The number of esters is 2. The summed E-state index contributed by atoms with van der Waals surface area (Å²) < 4.78 is 17.2. The fraction of sp³-hybridized carbons (Fsp3) is 0.824. The van der Waals surface area contributed by atoms with Crippen molar-refractivity contribution >= 4 is 17.9 Å². The van der Waals surface area contributed by atoms with E-state index < -0.39 is 18.1 Å². The van der Waals surface area contributed by atoms with E-state index in [4.69, 9.17) is 14.2 Å². The van der Waals surface area contributed by atoms with E-state index in [0.717, 1.165) is 32.1 Å². The minimum absolute atomic E-state index is 0.0437. The van der Waals surface area contributed by atoms with Gasteiger partial charge in [0.25, 0.3) is 0 Å². The Morgan fingerprint density at radius 1 is 0.508 bits per heavy atom. The van der Waals surface area contributed by atoms with Crippen molar-refractivity contribution in [2.24, 2.45) is 0 Å². The number of nitrogens with zero attached hydrogens (tertiary/aromatic N) is 1. The van der Waals surface area contributed by atoms with Gasteiger partial charge >= 0.3 is 17.9 Å². The van der Waals surface area contributed by atoms with Gasteiger partial charge in [-0.05, 0) is 57.8 Å². The molecule has 0 amide bonds. The summed E-state index contributed by atoms with van der Waals surface area (Å²) in [5, 5.41) is 9.63. The minimum atomic E-state index is -0.881. The second kappa shape index (κ2) is 42.2. The van der Waals surface area contributed by atoms with Gasteiger partial charge in [-0.2, -0.15) is 0 Å². The van der Waals surface area contributed by atoms with Gasteiger partial charge in [0, 0.05) is 19.3 Å². The average Bonchev–Trinajstić information content (AvgIpc) is 3.19. The fourth-order valence-corrected chi connectivity index (χ4v) is 7.20. The number of carboxylic acid groups (broad SMARTS) is 1. The molecule has 0 saturated carbocycles. The molecule has 2 atom stereocenters. The number of likely N-dealkylation sites (N-methyl/N-ethyl adjacent to an activating group) is 1. The van der Waals surface area contributed by atoms with Crippen molar-refractivity contribution in [1.82, 2.24) is 0 Å². The maximum atomic E-state index is 12.8. The van der Waals surface area contributed by atoms with Crippen LogP contribution in [0.4, 0.5) is 0 Å². The molecule has 0 saturated heterocycles. The number of hydrogen-bond acceptors (Lipinski definition) is 6. The molecule has 0 spiro atoms. The molecule has 0 bridgehead atoms. The van der Waals surface area contributed by atoms with Gasteiger partial charge in [0.1, 0.15) is 6.61 Å². The van der Waals surface area contributed by atoms with E-state index in [9.17, 15) is 19.5 Å². The van der Waals surface area contributed by atoms with Gasteiger partial charge in [0.05, 0.1) is 34.4 Å². The van der Waals surface area contributed by atoms with Crippen molar-refractivity contribution in [3.05, 3.63) is 36.5 Å². The highest BCUT2D eigenvalue weighted by Crippen LogP contribution is 2.15. The molecule has 0 aromatic carbocycles. The summed E-state index contributed by atoms with van der Waals surface area (Å²) in [5.41, 5.74) is 0. The SMILES string of the molecule is CCCCCCCC/C=C/C/C=C/CCC(=O)OCC(COCCC(C(=O)O)[N+](C)(C)C)OC(=O)CCCCCCCCC/C=C/CCCCCCCCCCCCC. The summed E-state index contributed by atoms with van der Waals surface area (Å²) in [6.07, 6.45) is 49.3. The monoisotopic (exact) mass is 833 g/mol. The number of quaternary nitrogens is 1. The largest absolute Gasteiger partial charge is 0.477 e. The highest BCUT2D eigenvalue weighted by atomic mass is 16.6. The summed E-state index contributed by atoms with van der Waals surface area (Å²) in [7, 11) is 5.52. The zero-order valence-corrected chi connectivity index (χ0v) is 39.2. The van der Waals surface area contributed by atoms with Crippen molar-refractivity contribution in [2.45, 2.75) is 231 Å². The second-order valence-electron chi connectivity index (χ2n) is 17.7. The van der Waals surface area contributed by atoms with Crippen LogP contribution in [0.25, 0.3) is 0 Å². The van der Waals surface area contributed by atoms with Crippen LogP contribution in [0.2, 0.25) is 0 Å². The van der Waals surface area contributed by atoms with Crippen molar-refractivity contribution in [3.8, 4) is 0 Å². The quantitative estimate of drug-likeness (QED) is 0.0282.